The first-order chi connectivity index (χ1) is 15.9. The van der Waals surface area contributed by atoms with Crippen molar-refractivity contribution in [1.82, 2.24) is 5.32 Å². The number of amides is 2. The van der Waals surface area contributed by atoms with E-state index in [-0.39, 0.29) is 13.0 Å². The van der Waals surface area contributed by atoms with Crippen LogP contribution >= 0.6 is 11.6 Å². The molecule has 0 aliphatic heterocycles. The van der Waals surface area contributed by atoms with Crippen LogP contribution in [-0.2, 0) is 14.3 Å². The molecule has 33 heavy (non-hydrogen) atoms. The van der Waals surface area contributed by atoms with Gasteiger partial charge in [0.1, 0.15) is 12.3 Å². The van der Waals surface area contributed by atoms with Gasteiger partial charge in [0.2, 0.25) is 0 Å². The number of hydrogen-bond acceptors (Lipinski definition) is 6. The Hall–Kier alpha value is -3.57. The summed E-state index contributed by atoms with van der Waals surface area (Å²) in [5, 5.41) is 11.7. The van der Waals surface area contributed by atoms with Crippen molar-refractivity contribution >= 4 is 35.1 Å². The maximum atomic E-state index is 12.5. The second kappa shape index (κ2) is 13.8. The number of rotatable bonds is 12. The summed E-state index contributed by atoms with van der Waals surface area (Å²) in [4.78, 5) is 38.1. The van der Waals surface area contributed by atoms with Crippen LogP contribution in [0.2, 0.25) is 5.02 Å². The lowest BCUT2D eigenvalue weighted by atomic mass is 10.2. The zero-order chi connectivity index (χ0) is 24.1. The summed E-state index contributed by atoms with van der Waals surface area (Å²) in [5.74, 6) is -1.06. The van der Waals surface area contributed by atoms with E-state index in [1.807, 2.05) is 6.07 Å². The Morgan fingerprint density at radius 1 is 1.15 bits per heavy atom. The van der Waals surface area contributed by atoms with Crippen LogP contribution in [0.5, 0.6) is 5.75 Å². The number of hydrogen-bond donors (Lipinski definition) is 1. The maximum absolute atomic E-state index is 12.5. The largest absolute Gasteiger partial charge is 0.494 e. The Morgan fingerprint density at radius 2 is 1.91 bits per heavy atom. The average Bonchev–Trinajstić information content (AvgIpc) is 2.82. The molecule has 2 amide bonds. The van der Waals surface area contributed by atoms with Gasteiger partial charge in [0.15, 0.2) is 6.61 Å². The van der Waals surface area contributed by atoms with Crippen molar-refractivity contribution in [3.63, 3.8) is 0 Å². The van der Waals surface area contributed by atoms with Gasteiger partial charge in [-0.05, 0) is 48.9 Å². The first-order valence-electron chi connectivity index (χ1n) is 10.5. The molecule has 0 aromatic heterocycles. The number of nitrogens with zero attached hydrogens (tertiary/aromatic N) is 2. The zero-order valence-electron chi connectivity index (χ0n) is 18.4. The van der Waals surface area contributed by atoms with Crippen molar-refractivity contribution in [3.8, 4) is 11.8 Å². The lowest BCUT2D eigenvalue weighted by Gasteiger charge is -2.21. The predicted molar refractivity (Wildman–Crippen MR) is 124 cm³/mol. The normalized spacial score (nSPS) is 10.1. The minimum atomic E-state index is -0.762. The van der Waals surface area contributed by atoms with Crippen molar-refractivity contribution in [2.75, 3.05) is 31.2 Å². The number of esters is 1. The summed E-state index contributed by atoms with van der Waals surface area (Å²) in [6, 6.07) is 15.1. The highest BCUT2D eigenvalue weighted by molar-refractivity contribution is 6.30. The fourth-order valence-corrected chi connectivity index (χ4v) is 2.95. The van der Waals surface area contributed by atoms with Crippen LogP contribution in [0.4, 0.5) is 5.69 Å². The molecule has 2 aromatic rings. The van der Waals surface area contributed by atoms with Gasteiger partial charge >= 0.3 is 5.97 Å². The van der Waals surface area contributed by atoms with Crippen LogP contribution in [0.1, 0.15) is 36.5 Å². The molecule has 0 heterocycles. The monoisotopic (exact) mass is 471 g/mol. The fourth-order valence-electron chi connectivity index (χ4n) is 2.77. The third-order valence-electron chi connectivity index (χ3n) is 4.50. The van der Waals surface area contributed by atoms with E-state index in [9.17, 15) is 14.4 Å². The first-order valence-corrected chi connectivity index (χ1v) is 10.9. The first kappa shape index (κ1) is 25.7. The fraction of sp³-hybridized carbons (Fsp3) is 0.333. The van der Waals surface area contributed by atoms with Crippen LogP contribution in [0, 0.1) is 11.3 Å². The molecule has 0 bridgehead atoms. The Kier molecular flexibility index (Phi) is 10.7. The second-order valence-electron chi connectivity index (χ2n) is 7.00. The second-order valence-corrected chi connectivity index (χ2v) is 7.44. The zero-order valence-corrected chi connectivity index (χ0v) is 19.1. The topological polar surface area (TPSA) is 109 Å². The van der Waals surface area contributed by atoms with E-state index in [4.69, 9.17) is 26.3 Å². The minimum Gasteiger partial charge on any atom is -0.494 e. The highest BCUT2D eigenvalue weighted by Gasteiger charge is 2.18. The molecule has 0 aliphatic rings. The molecule has 0 unspecified atom stereocenters. The molecule has 1 N–H and O–H groups in total. The van der Waals surface area contributed by atoms with E-state index in [1.165, 1.54) is 4.90 Å². The van der Waals surface area contributed by atoms with E-state index in [1.54, 1.807) is 48.5 Å². The van der Waals surface area contributed by atoms with Crippen molar-refractivity contribution in [2.24, 2.45) is 0 Å². The van der Waals surface area contributed by atoms with Crippen molar-refractivity contribution in [1.29, 1.82) is 5.26 Å². The molecule has 9 heteroatoms. The van der Waals surface area contributed by atoms with Crippen molar-refractivity contribution in [3.05, 3.63) is 59.1 Å². The number of nitriles is 1. The quantitative estimate of drug-likeness (QED) is 0.373. The molecule has 0 atom stereocenters. The molecule has 0 spiro atoms. The van der Waals surface area contributed by atoms with Crippen LogP contribution in [0.3, 0.4) is 0 Å². The summed E-state index contributed by atoms with van der Waals surface area (Å²) in [7, 11) is 0. The summed E-state index contributed by atoms with van der Waals surface area (Å²) in [5.41, 5.74) is 0.861. The molecule has 8 nitrogen and oxygen atoms in total. The van der Waals surface area contributed by atoms with Crippen LogP contribution in [0.25, 0.3) is 0 Å². The van der Waals surface area contributed by atoms with Crippen molar-refractivity contribution in [2.45, 2.75) is 26.2 Å². The standard InChI is InChI=1S/C24H26ClN3O5/c1-2-3-14-32-21-10-8-18(9-11-21)24(31)27-16-23(30)33-17-22(29)28(13-5-12-26)20-7-4-6-19(25)15-20/h4,6-11,15H,2-3,5,13-14,16-17H2,1H3,(H,27,31). The van der Waals surface area contributed by atoms with Crippen LogP contribution < -0.4 is 15.0 Å². The van der Waals surface area contributed by atoms with Gasteiger partial charge in [-0.25, -0.2) is 0 Å². The molecular weight excluding hydrogens is 446 g/mol. The molecule has 2 aromatic carbocycles. The third kappa shape index (κ3) is 8.83. The van der Waals surface area contributed by atoms with Gasteiger partial charge < -0.3 is 19.7 Å². The lowest BCUT2D eigenvalue weighted by molar-refractivity contribution is -0.146. The Labute approximate surface area is 198 Å². The molecule has 0 fully saturated rings. The van der Waals surface area contributed by atoms with Gasteiger partial charge in [0, 0.05) is 22.8 Å². The minimum absolute atomic E-state index is 0.102. The maximum Gasteiger partial charge on any atom is 0.325 e. The van der Waals surface area contributed by atoms with E-state index >= 15 is 0 Å². The third-order valence-corrected chi connectivity index (χ3v) is 4.74. The number of benzene rings is 2. The van der Waals surface area contributed by atoms with E-state index < -0.39 is 30.9 Å². The molecule has 0 aliphatic carbocycles. The van der Waals surface area contributed by atoms with Crippen LogP contribution in [-0.4, -0.2) is 44.1 Å². The lowest BCUT2D eigenvalue weighted by Crippen LogP contribution is -2.37. The van der Waals surface area contributed by atoms with E-state index in [0.29, 0.717) is 28.6 Å². The number of anilines is 1. The Bertz CT molecular complexity index is 988. The molecule has 0 radical (unpaired) electrons. The smallest absolute Gasteiger partial charge is 0.325 e. The average molecular weight is 472 g/mol. The van der Waals surface area contributed by atoms with Gasteiger partial charge in [0.05, 0.1) is 19.1 Å². The Balaban J connectivity index is 1.82. The van der Waals surface area contributed by atoms with E-state index in [2.05, 4.69) is 12.2 Å². The molecule has 0 saturated heterocycles. The number of carbonyl (C=O) groups excluding carboxylic acids is 3. The van der Waals surface area contributed by atoms with Crippen LogP contribution in [0.15, 0.2) is 48.5 Å². The van der Waals surface area contributed by atoms with Gasteiger partial charge in [-0.1, -0.05) is 31.0 Å². The van der Waals surface area contributed by atoms with Gasteiger partial charge in [-0.3, -0.25) is 14.4 Å². The summed E-state index contributed by atoms with van der Waals surface area (Å²) in [6.07, 6.45) is 2.08. The van der Waals surface area contributed by atoms with Gasteiger partial charge in [-0.2, -0.15) is 5.26 Å². The molecule has 0 saturated carbocycles. The molecular formula is C24H26ClN3O5. The van der Waals surface area contributed by atoms with Gasteiger partial charge in [-0.15, -0.1) is 0 Å². The number of halogens is 1. The predicted octanol–water partition coefficient (Wildman–Crippen LogP) is 3.74. The number of unbranched alkanes of at least 4 members (excludes halogenated alkanes) is 1. The highest BCUT2D eigenvalue weighted by Crippen LogP contribution is 2.20. The summed E-state index contributed by atoms with van der Waals surface area (Å²) in [6.45, 7) is 1.88. The van der Waals surface area contributed by atoms with Crippen molar-refractivity contribution < 1.29 is 23.9 Å². The molecule has 2 rings (SSSR count). The highest BCUT2D eigenvalue weighted by atomic mass is 35.5. The van der Waals surface area contributed by atoms with Gasteiger partial charge in [0.25, 0.3) is 11.8 Å². The number of ether oxygens (including phenoxy) is 2. The summed E-state index contributed by atoms with van der Waals surface area (Å²) >= 11 is 5.98. The SMILES string of the molecule is CCCCOc1ccc(C(=O)NCC(=O)OCC(=O)N(CCC#N)c2cccc(Cl)c2)cc1. The molecule has 174 valence electrons. The number of nitrogens with one attached hydrogen (secondary N) is 1. The van der Waals surface area contributed by atoms with E-state index in [0.717, 1.165) is 12.8 Å². The Morgan fingerprint density at radius 3 is 2.58 bits per heavy atom. The number of carbonyl (C=O) groups is 3. The summed E-state index contributed by atoms with van der Waals surface area (Å²) < 4.78 is 10.5.